The van der Waals surface area contributed by atoms with Crippen molar-refractivity contribution in [2.75, 3.05) is 0 Å². The average molecular weight is 243 g/mol. The van der Waals surface area contributed by atoms with Crippen LogP contribution in [0.4, 0.5) is 0 Å². The Bertz CT molecular complexity index is 350. The molecule has 0 amide bonds. The van der Waals surface area contributed by atoms with Crippen LogP contribution in [-0.4, -0.2) is 17.4 Å². The number of aldehydes is 1. The minimum atomic E-state index is -0.706. The van der Waals surface area contributed by atoms with E-state index in [1.54, 1.807) is 31.2 Å². The van der Waals surface area contributed by atoms with Gasteiger partial charge in [0.1, 0.15) is 0 Å². The number of benzene rings is 1. The molecule has 0 aliphatic heterocycles. The lowest BCUT2D eigenvalue weighted by Gasteiger charge is -1.96. The first kappa shape index (κ1) is 14.6. The molecule has 0 radical (unpaired) electrons. The molecule has 1 unspecified atom stereocenters. The zero-order chi connectivity index (χ0) is 12.6. The second-order valence-corrected chi connectivity index (χ2v) is 3.69. The van der Waals surface area contributed by atoms with Crippen LogP contribution in [0, 0.1) is 5.92 Å². The van der Waals surface area contributed by atoms with Gasteiger partial charge in [0.25, 0.3) is 0 Å². The maximum Gasteiger partial charge on any atom is 0.306 e. The Kier molecular flexibility index (Phi) is 7.21. The molecule has 1 aromatic carbocycles. The summed E-state index contributed by atoms with van der Waals surface area (Å²) in [5.74, 6) is -0.887. The van der Waals surface area contributed by atoms with Gasteiger partial charge in [-0.05, 0) is 12.5 Å². The summed E-state index contributed by atoms with van der Waals surface area (Å²) in [5, 5.41) is 8.69. The van der Waals surface area contributed by atoms with E-state index in [1.165, 1.54) is 0 Å². The second kappa shape index (κ2) is 7.88. The number of aliphatic carboxylic acids is 1. The zero-order valence-corrected chi connectivity index (χ0v) is 10.1. The first-order chi connectivity index (χ1) is 7.52. The van der Waals surface area contributed by atoms with Crippen molar-refractivity contribution in [2.45, 2.75) is 20.3 Å². The number of carbonyl (C=O) groups is 2. The van der Waals surface area contributed by atoms with Crippen LogP contribution in [-0.2, 0) is 4.79 Å². The molecule has 0 saturated heterocycles. The largest absolute Gasteiger partial charge is 0.481 e. The van der Waals surface area contributed by atoms with Crippen LogP contribution in [0.25, 0.3) is 0 Å². The summed E-state index contributed by atoms with van der Waals surface area (Å²) in [6, 6.07) is 6.92. The number of hydrogen-bond acceptors (Lipinski definition) is 2. The van der Waals surface area contributed by atoms with Crippen molar-refractivity contribution in [1.29, 1.82) is 0 Å². The van der Waals surface area contributed by atoms with E-state index in [1.807, 2.05) is 6.92 Å². The molecule has 1 aromatic rings. The molecule has 3 nitrogen and oxygen atoms in total. The number of halogens is 1. The van der Waals surface area contributed by atoms with Gasteiger partial charge < -0.3 is 5.11 Å². The summed E-state index contributed by atoms with van der Waals surface area (Å²) in [4.78, 5) is 20.1. The summed E-state index contributed by atoms with van der Waals surface area (Å²) < 4.78 is 0. The smallest absolute Gasteiger partial charge is 0.306 e. The van der Waals surface area contributed by atoms with Crippen molar-refractivity contribution in [2.24, 2.45) is 5.92 Å². The molecule has 0 bridgehead atoms. The number of carboxylic acids is 1. The number of hydrogen-bond donors (Lipinski definition) is 1. The van der Waals surface area contributed by atoms with E-state index in [9.17, 15) is 9.59 Å². The van der Waals surface area contributed by atoms with Crippen molar-refractivity contribution in [3.8, 4) is 0 Å². The molecule has 16 heavy (non-hydrogen) atoms. The van der Waals surface area contributed by atoms with Gasteiger partial charge in [-0.25, -0.2) is 0 Å². The van der Waals surface area contributed by atoms with Gasteiger partial charge in [-0.15, -0.1) is 0 Å². The van der Waals surface area contributed by atoms with Crippen LogP contribution < -0.4 is 0 Å². The highest BCUT2D eigenvalue weighted by atomic mass is 35.5. The van der Waals surface area contributed by atoms with Crippen LogP contribution in [0.2, 0.25) is 5.02 Å². The lowest BCUT2D eigenvalue weighted by Crippen LogP contribution is -2.06. The highest BCUT2D eigenvalue weighted by Crippen LogP contribution is 2.11. The molecule has 1 rings (SSSR count). The summed E-state index contributed by atoms with van der Waals surface area (Å²) in [7, 11) is 0. The second-order valence-electron chi connectivity index (χ2n) is 3.29. The molecule has 1 atom stereocenters. The molecule has 0 aliphatic carbocycles. The number of carbonyl (C=O) groups excluding carboxylic acids is 1. The van der Waals surface area contributed by atoms with E-state index in [-0.39, 0.29) is 5.92 Å². The van der Waals surface area contributed by atoms with Gasteiger partial charge in [0.15, 0.2) is 6.29 Å². The highest BCUT2D eigenvalue weighted by molar-refractivity contribution is 6.32. The lowest BCUT2D eigenvalue weighted by atomic mass is 10.1. The Hall–Kier alpha value is -1.35. The first-order valence-electron chi connectivity index (χ1n) is 4.95. The third-order valence-corrected chi connectivity index (χ3v) is 2.41. The molecule has 0 aromatic heterocycles. The van der Waals surface area contributed by atoms with Gasteiger partial charge in [-0.3, -0.25) is 9.59 Å². The highest BCUT2D eigenvalue weighted by Gasteiger charge is 2.05. The van der Waals surface area contributed by atoms with Crippen molar-refractivity contribution in [1.82, 2.24) is 0 Å². The van der Waals surface area contributed by atoms with Crippen molar-refractivity contribution in [3.05, 3.63) is 34.9 Å². The van der Waals surface area contributed by atoms with E-state index in [0.29, 0.717) is 10.6 Å². The fourth-order valence-corrected chi connectivity index (χ4v) is 0.926. The molecule has 0 saturated carbocycles. The molecule has 1 N–H and O–H groups in total. The molecule has 88 valence electrons. The standard InChI is InChI=1S/C7H5ClO.C5H10O2/c8-7-4-2-1-3-6(7)5-9;1-3-4(2)5(6)7/h1-5H;4H,3H2,1-2H3,(H,6,7). The van der Waals surface area contributed by atoms with E-state index in [0.717, 1.165) is 12.7 Å². The minimum Gasteiger partial charge on any atom is -0.481 e. The average Bonchev–Trinajstić information content (AvgIpc) is 2.29. The number of rotatable bonds is 3. The molecular weight excluding hydrogens is 228 g/mol. The van der Waals surface area contributed by atoms with Gasteiger partial charge >= 0.3 is 5.97 Å². The van der Waals surface area contributed by atoms with E-state index in [4.69, 9.17) is 16.7 Å². The Morgan fingerprint density at radius 1 is 1.50 bits per heavy atom. The number of carboxylic acid groups (broad SMARTS) is 1. The van der Waals surface area contributed by atoms with Crippen molar-refractivity contribution >= 4 is 23.9 Å². The molecule has 4 heteroatoms. The summed E-state index contributed by atoms with van der Waals surface area (Å²) in [6.45, 7) is 3.56. The van der Waals surface area contributed by atoms with Gasteiger partial charge in [0.05, 0.1) is 10.9 Å². The Morgan fingerprint density at radius 2 is 2.06 bits per heavy atom. The quantitative estimate of drug-likeness (QED) is 0.828. The van der Waals surface area contributed by atoms with Crippen LogP contribution in [0.15, 0.2) is 24.3 Å². The topological polar surface area (TPSA) is 54.4 Å². The predicted molar refractivity (Wildman–Crippen MR) is 63.9 cm³/mol. The van der Waals surface area contributed by atoms with Crippen molar-refractivity contribution in [3.63, 3.8) is 0 Å². The van der Waals surface area contributed by atoms with Crippen LogP contribution in [0.1, 0.15) is 30.6 Å². The maximum atomic E-state index is 10.1. The van der Waals surface area contributed by atoms with Gasteiger partial charge in [0.2, 0.25) is 0 Å². The fraction of sp³-hybridized carbons (Fsp3) is 0.333. The molecule has 0 aliphatic rings. The van der Waals surface area contributed by atoms with Gasteiger partial charge in [-0.2, -0.15) is 0 Å². The van der Waals surface area contributed by atoms with Gasteiger partial charge in [-0.1, -0.05) is 43.6 Å². The van der Waals surface area contributed by atoms with Crippen LogP contribution in [0.3, 0.4) is 0 Å². The van der Waals surface area contributed by atoms with Crippen LogP contribution in [0.5, 0.6) is 0 Å². The Labute approximate surface area is 100 Å². The lowest BCUT2D eigenvalue weighted by molar-refractivity contribution is -0.141. The third kappa shape index (κ3) is 5.51. The predicted octanol–water partition coefficient (Wildman–Crippen LogP) is 3.27. The fourth-order valence-electron chi connectivity index (χ4n) is 0.745. The summed E-state index contributed by atoms with van der Waals surface area (Å²) >= 11 is 5.59. The Morgan fingerprint density at radius 3 is 2.31 bits per heavy atom. The first-order valence-corrected chi connectivity index (χ1v) is 5.33. The van der Waals surface area contributed by atoms with E-state index < -0.39 is 5.97 Å². The molecule has 0 heterocycles. The Balaban J connectivity index is 0.000000293. The van der Waals surface area contributed by atoms with E-state index in [2.05, 4.69) is 0 Å². The SMILES string of the molecule is CCC(C)C(=O)O.O=Cc1ccccc1Cl. The van der Waals surface area contributed by atoms with Crippen LogP contribution >= 0.6 is 11.6 Å². The molecule has 0 spiro atoms. The van der Waals surface area contributed by atoms with E-state index >= 15 is 0 Å². The molecular formula is C12H15ClO3. The monoisotopic (exact) mass is 242 g/mol. The maximum absolute atomic E-state index is 10.1. The van der Waals surface area contributed by atoms with Gasteiger partial charge in [0, 0.05) is 5.56 Å². The normalized spacial score (nSPS) is 10.9. The van der Waals surface area contributed by atoms with Crippen molar-refractivity contribution < 1.29 is 14.7 Å². The molecule has 0 fully saturated rings. The third-order valence-electron chi connectivity index (χ3n) is 2.07. The zero-order valence-electron chi connectivity index (χ0n) is 9.31. The summed E-state index contributed by atoms with van der Waals surface area (Å²) in [5.41, 5.74) is 0.541. The summed E-state index contributed by atoms with van der Waals surface area (Å²) in [6.07, 6.45) is 1.46. The minimum absolute atomic E-state index is 0.181.